The van der Waals surface area contributed by atoms with Crippen molar-refractivity contribution in [1.82, 2.24) is 4.42 Å². The summed E-state index contributed by atoms with van der Waals surface area (Å²) in [4.78, 5) is 3.89. The van der Waals surface area contributed by atoms with E-state index in [1.165, 1.54) is 10.8 Å². The van der Waals surface area contributed by atoms with E-state index >= 15 is 0 Å². The quantitative estimate of drug-likeness (QED) is 0.342. The number of nitrogens with zero attached hydrogens (tertiary/aromatic N) is 2. The fraction of sp³-hybridized carbons (Fsp3) is 0.800. The second kappa shape index (κ2) is 4.58. The van der Waals surface area contributed by atoms with E-state index in [4.69, 9.17) is 16.5 Å². The normalized spacial score (nSPS) is 14.2. The average molecular weight is 151 g/mol. The maximum atomic E-state index is 5.41. The number of aliphatic imine (C=N–C) groups is 1. The summed E-state index contributed by atoms with van der Waals surface area (Å²) in [5.41, 5.74) is 0. The molecule has 4 heteroatoms. The minimum Gasteiger partial charge on any atom is -0.360 e. The molecule has 0 aliphatic heterocycles. The molecule has 0 bridgehead atoms. The van der Waals surface area contributed by atoms with Gasteiger partial charge in [-0.3, -0.25) is 4.42 Å². The molecule has 0 amide bonds. The zero-order chi connectivity index (χ0) is 7.28. The summed E-state index contributed by atoms with van der Waals surface area (Å²) in [6.45, 7) is 1.83. The van der Waals surface area contributed by atoms with E-state index in [-0.39, 0.29) is 6.23 Å². The van der Waals surface area contributed by atoms with Gasteiger partial charge in [0.15, 0.2) is 0 Å². The Bertz CT molecular complexity index is 95.0. The largest absolute Gasteiger partial charge is 0.360 e. The molecule has 0 spiro atoms. The Labute approximate surface area is 60.4 Å². The van der Waals surface area contributed by atoms with Crippen LogP contribution >= 0.6 is 11.8 Å². The molecule has 1 atom stereocenters. The van der Waals surface area contributed by atoms with Gasteiger partial charge in [-0.15, -0.1) is 0 Å². The molecule has 0 saturated carbocycles. The first-order chi connectivity index (χ1) is 4.16. The number of hydrogen-bond acceptors (Lipinski definition) is 2. The average Bonchev–Trinajstić information content (AvgIpc) is 1.83. The minimum atomic E-state index is -0.119. The predicted octanol–water partition coefficient (Wildman–Crippen LogP) is 1.09. The van der Waals surface area contributed by atoms with E-state index < -0.39 is 0 Å². The zero-order valence-corrected chi connectivity index (χ0v) is 6.59. The number of hydrogen-bond donors (Lipinski definition) is 0. The van der Waals surface area contributed by atoms with Crippen LogP contribution < -0.4 is 0 Å². The highest BCUT2D eigenvalue weighted by Crippen LogP contribution is 1.89. The third-order valence-corrected chi connectivity index (χ3v) is 0.864. The van der Waals surface area contributed by atoms with Gasteiger partial charge in [-0.05, 0) is 6.92 Å². The Balaban J connectivity index is 3.43. The van der Waals surface area contributed by atoms with Crippen LogP contribution in [0, 0.1) is 0 Å². The fourth-order valence-electron chi connectivity index (χ4n) is 0.247. The first-order valence-corrected chi connectivity index (χ1v) is 2.95. The Morgan fingerprint density at radius 2 is 2.33 bits per heavy atom. The summed E-state index contributed by atoms with van der Waals surface area (Å²) in [5, 5.41) is 0. The molecule has 0 radical (unpaired) electrons. The monoisotopic (exact) mass is 150 g/mol. The van der Waals surface area contributed by atoms with Gasteiger partial charge >= 0.3 is 0 Å². The Morgan fingerprint density at radius 1 is 1.78 bits per heavy atom. The predicted molar refractivity (Wildman–Crippen MR) is 38.6 cm³/mol. The topological polar surface area (TPSA) is 24.8 Å². The molecule has 0 aromatic carbocycles. The van der Waals surface area contributed by atoms with E-state index in [0.29, 0.717) is 0 Å². The molecule has 0 aromatic heterocycles. The molecule has 0 aromatic rings. The van der Waals surface area contributed by atoms with Crippen LogP contribution in [0.4, 0.5) is 0 Å². The second-order valence-electron chi connectivity index (χ2n) is 1.62. The molecule has 54 valence electrons. The number of ether oxygens (including phenoxy) is 1. The van der Waals surface area contributed by atoms with Gasteiger partial charge in [0.1, 0.15) is 12.6 Å². The van der Waals surface area contributed by atoms with Crippen LogP contribution in [-0.4, -0.2) is 31.1 Å². The van der Waals surface area contributed by atoms with Gasteiger partial charge in [-0.25, -0.2) is 4.99 Å². The smallest absolute Gasteiger partial charge is 0.146 e. The molecule has 0 heterocycles. The van der Waals surface area contributed by atoms with Crippen molar-refractivity contribution >= 4 is 18.1 Å². The Morgan fingerprint density at radius 3 is 2.67 bits per heavy atom. The Hall–Kier alpha value is -0.280. The van der Waals surface area contributed by atoms with Crippen molar-refractivity contribution in [3.63, 3.8) is 0 Å². The van der Waals surface area contributed by atoms with Gasteiger partial charge in [0.25, 0.3) is 0 Å². The Kier molecular flexibility index (Phi) is 4.44. The molecular formula is C5H11ClN2O. The molecule has 0 fully saturated rings. The molecule has 3 nitrogen and oxygen atoms in total. The standard InChI is InChI=1S/C5H11ClN2O/c1-5(9-3)7-4-8(2)6/h4-5H,1-3H3/b7-4-. The van der Waals surface area contributed by atoms with Crippen LogP contribution in [0.15, 0.2) is 4.99 Å². The van der Waals surface area contributed by atoms with E-state index in [0.717, 1.165) is 0 Å². The van der Waals surface area contributed by atoms with Crippen molar-refractivity contribution in [2.24, 2.45) is 4.99 Å². The lowest BCUT2D eigenvalue weighted by molar-refractivity contribution is 0.126. The van der Waals surface area contributed by atoms with Crippen LogP contribution in [0.25, 0.3) is 0 Å². The van der Waals surface area contributed by atoms with Crippen LogP contribution in [0.2, 0.25) is 0 Å². The molecule has 1 unspecified atom stereocenters. The van der Waals surface area contributed by atoms with Gasteiger partial charge in [-0.2, -0.15) is 0 Å². The van der Waals surface area contributed by atoms with Crippen molar-refractivity contribution in [2.75, 3.05) is 14.2 Å². The van der Waals surface area contributed by atoms with E-state index in [1.54, 1.807) is 14.2 Å². The summed E-state index contributed by atoms with van der Waals surface area (Å²) in [7, 11) is 3.28. The number of rotatable bonds is 3. The maximum Gasteiger partial charge on any atom is 0.146 e. The lowest BCUT2D eigenvalue weighted by Crippen LogP contribution is -2.06. The molecule has 0 N–H and O–H groups in total. The summed E-state index contributed by atoms with van der Waals surface area (Å²) >= 11 is 5.41. The lowest BCUT2D eigenvalue weighted by Gasteiger charge is -2.03. The van der Waals surface area contributed by atoms with E-state index in [2.05, 4.69) is 4.99 Å². The number of halogens is 1. The number of methoxy groups -OCH3 is 1. The van der Waals surface area contributed by atoms with E-state index in [9.17, 15) is 0 Å². The molecule has 0 aliphatic carbocycles. The van der Waals surface area contributed by atoms with Gasteiger partial charge in [0.05, 0.1) is 0 Å². The highest BCUT2D eigenvalue weighted by atomic mass is 35.5. The highest BCUT2D eigenvalue weighted by molar-refractivity contribution is 6.18. The van der Waals surface area contributed by atoms with Gasteiger partial charge in [-0.1, -0.05) is 0 Å². The van der Waals surface area contributed by atoms with Crippen LogP contribution in [0.1, 0.15) is 6.92 Å². The van der Waals surface area contributed by atoms with Crippen molar-refractivity contribution in [1.29, 1.82) is 0 Å². The van der Waals surface area contributed by atoms with Crippen molar-refractivity contribution < 1.29 is 4.74 Å². The van der Waals surface area contributed by atoms with E-state index in [1.807, 2.05) is 6.92 Å². The third kappa shape index (κ3) is 5.59. The first-order valence-electron chi connectivity index (χ1n) is 2.61. The second-order valence-corrected chi connectivity index (χ2v) is 2.16. The van der Waals surface area contributed by atoms with Crippen molar-refractivity contribution in [3.8, 4) is 0 Å². The zero-order valence-electron chi connectivity index (χ0n) is 5.84. The summed E-state index contributed by atoms with van der Waals surface area (Å²) in [6.07, 6.45) is 1.38. The van der Waals surface area contributed by atoms with Crippen LogP contribution in [0.3, 0.4) is 0 Å². The molecular weight excluding hydrogens is 140 g/mol. The van der Waals surface area contributed by atoms with Gasteiger partial charge in [0, 0.05) is 25.9 Å². The molecule has 0 aliphatic rings. The van der Waals surface area contributed by atoms with Crippen LogP contribution in [0.5, 0.6) is 0 Å². The van der Waals surface area contributed by atoms with Gasteiger partial charge in [0.2, 0.25) is 0 Å². The molecule has 0 saturated heterocycles. The fourth-order valence-corrected chi connectivity index (χ4v) is 0.297. The first kappa shape index (κ1) is 8.72. The summed E-state index contributed by atoms with van der Waals surface area (Å²) in [6, 6.07) is 0. The lowest BCUT2D eigenvalue weighted by atomic mass is 10.7. The minimum absolute atomic E-state index is 0.119. The maximum absolute atomic E-state index is 5.41. The summed E-state index contributed by atoms with van der Waals surface area (Å²) < 4.78 is 6.16. The van der Waals surface area contributed by atoms with Crippen LogP contribution in [-0.2, 0) is 4.74 Å². The summed E-state index contributed by atoms with van der Waals surface area (Å²) in [5.74, 6) is 0. The molecule has 0 rings (SSSR count). The van der Waals surface area contributed by atoms with Gasteiger partial charge < -0.3 is 4.74 Å². The third-order valence-electron chi connectivity index (χ3n) is 0.777. The SMILES string of the molecule is COC(C)/N=C\N(C)Cl. The highest BCUT2D eigenvalue weighted by Gasteiger charge is 1.90. The van der Waals surface area contributed by atoms with Crippen molar-refractivity contribution in [3.05, 3.63) is 0 Å². The molecule has 9 heavy (non-hydrogen) atoms. The van der Waals surface area contributed by atoms with Crippen molar-refractivity contribution in [2.45, 2.75) is 13.2 Å².